The van der Waals surface area contributed by atoms with Gasteiger partial charge in [0.1, 0.15) is 11.6 Å². The number of aromatic nitrogens is 1. The van der Waals surface area contributed by atoms with Crippen LogP contribution in [0.1, 0.15) is 31.2 Å². The molecule has 1 amide bonds. The number of oxazole rings is 1. The summed E-state index contributed by atoms with van der Waals surface area (Å²) >= 11 is 0. The Hall–Kier alpha value is -2.70. The third-order valence-electron chi connectivity index (χ3n) is 4.68. The molecule has 0 bridgehead atoms. The molecule has 0 saturated carbocycles. The molecule has 7 heteroatoms. The maximum absolute atomic E-state index is 13.4. The number of ether oxygens (including phenoxy) is 1. The fourth-order valence-corrected chi connectivity index (χ4v) is 3.25. The predicted molar refractivity (Wildman–Crippen MR) is 96.3 cm³/mol. The lowest BCUT2D eigenvalue weighted by atomic mass is 9.98. The van der Waals surface area contributed by atoms with Crippen LogP contribution in [0.5, 0.6) is 0 Å². The summed E-state index contributed by atoms with van der Waals surface area (Å²) in [5, 5.41) is 0. The first-order chi connectivity index (χ1) is 13.0. The summed E-state index contributed by atoms with van der Waals surface area (Å²) in [7, 11) is 0. The third-order valence-corrected chi connectivity index (χ3v) is 4.68. The molecule has 144 valence electrons. The average molecular weight is 374 g/mol. The molecule has 6 nitrogen and oxygen atoms in total. The van der Waals surface area contributed by atoms with Crippen molar-refractivity contribution in [3.8, 4) is 11.5 Å². The van der Waals surface area contributed by atoms with Crippen molar-refractivity contribution >= 4 is 11.9 Å². The second-order valence-electron chi connectivity index (χ2n) is 6.64. The Kier molecular flexibility index (Phi) is 5.88. The number of esters is 1. The summed E-state index contributed by atoms with van der Waals surface area (Å²) in [6.07, 6.45) is 1.58. The van der Waals surface area contributed by atoms with Crippen LogP contribution in [0.4, 0.5) is 4.39 Å². The second-order valence-corrected chi connectivity index (χ2v) is 6.64. The number of rotatable bonds is 5. The van der Waals surface area contributed by atoms with Crippen molar-refractivity contribution in [3.05, 3.63) is 41.5 Å². The third kappa shape index (κ3) is 4.53. The number of amides is 1. The molecule has 1 saturated heterocycles. The molecule has 1 unspecified atom stereocenters. The van der Waals surface area contributed by atoms with E-state index in [0.29, 0.717) is 36.7 Å². The summed E-state index contributed by atoms with van der Waals surface area (Å²) in [5.74, 6) is -0.185. The first-order valence-corrected chi connectivity index (χ1v) is 9.14. The van der Waals surface area contributed by atoms with Gasteiger partial charge in [-0.05, 0) is 44.9 Å². The van der Waals surface area contributed by atoms with Crippen molar-refractivity contribution in [2.24, 2.45) is 5.92 Å². The molecule has 1 aromatic heterocycles. The van der Waals surface area contributed by atoms with Crippen molar-refractivity contribution in [1.82, 2.24) is 9.88 Å². The molecule has 1 aromatic carbocycles. The lowest BCUT2D eigenvalue weighted by Gasteiger charge is -2.31. The molecule has 27 heavy (non-hydrogen) atoms. The van der Waals surface area contributed by atoms with Gasteiger partial charge in [-0.25, -0.2) is 9.37 Å². The maximum atomic E-state index is 13.4. The number of piperidine rings is 1. The minimum Gasteiger partial charge on any atom is -0.466 e. The topological polar surface area (TPSA) is 72.6 Å². The fourth-order valence-electron chi connectivity index (χ4n) is 3.25. The van der Waals surface area contributed by atoms with Crippen LogP contribution in [0.25, 0.3) is 11.5 Å². The fraction of sp³-hybridized carbons (Fsp3) is 0.450. The van der Waals surface area contributed by atoms with E-state index in [9.17, 15) is 14.0 Å². The van der Waals surface area contributed by atoms with E-state index < -0.39 is 0 Å². The molecule has 3 rings (SSSR count). The van der Waals surface area contributed by atoms with E-state index >= 15 is 0 Å². The number of aryl methyl sites for hydroxylation is 1. The van der Waals surface area contributed by atoms with E-state index in [4.69, 9.17) is 9.15 Å². The molecule has 0 radical (unpaired) electrons. The van der Waals surface area contributed by atoms with E-state index in [1.807, 2.05) is 0 Å². The molecule has 1 aliphatic heterocycles. The summed E-state index contributed by atoms with van der Waals surface area (Å²) in [4.78, 5) is 30.7. The summed E-state index contributed by atoms with van der Waals surface area (Å²) in [6.45, 7) is 4.82. The molecular weight excluding hydrogens is 351 g/mol. The van der Waals surface area contributed by atoms with Crippen LogP contribution in [-0.2, 0) is 20.7 Å². The van der Waals surface area contributed by atoms with Gasteiger partial charge in [0, 0.05) is 18.7 Å². The molecule has 2 aromatic rings. The molecule has 1 aliphatic rings. The summed E-state index contributed by atoms with van der Waals surface area (Å²) in [6, 6.07) is 5.97. The number of likely N-dealkylation sites (tertiary alicyclic amines) is 1. The minimum atomic E-state index is -0.376. The number of nitrogens with zero attached hydrogens (tertiary/aromatic N) is 2. The van der Waals surface area contributed by atoms with Crippen LogP contribution in [-0.4, -0.2) is 41.5 Å². The maximum Gasteiger partial charge on any atom is 0.310 e. The Morgan fingerprint density at radius 2 is 2.22 bits per heavy atom. The summed E-state index contributed by atoms with van der Waals surface area (Å²) < 4.78 is 24.1. The molecule has 0 spiro atoms. The van der Waals surface area contributed by atoms with Gasteiger partial charge in [0.15, 0.2) is 0 Å². The Morgan fingerprint density at radius 3 is 2.96 bits per heavy atom. The minimum absolute atomic E-state index is 0.0835. The Labute approximate surface area is 157 Å². The highest BCUT2D eigenvalue weighted by atomic mass is 19.1. The number of carbonyl (C=O) groups excluding carboxylic acids is 2. The number of benzene rings is 1. The standard InChI is InChI=1S/C20H23FN2O4/c1-3-26-20(25)15-7-5-9-23(12-15)18(24)11-17-13(2)27-19(22-17)14-6-4-8-16(21)10-14/h4,6,8,10,15H,3,5,7,9,11-12H2,1-2H3. The van der Waals surface area contributed by atoms with Crippen LogP contribution in [0.3, 0.4) is 0 Å². The average Bonchev–Trinajstić information content (AvgIpc) is 3.02. The van der Waals surface area contributed by atoms with Gasteiger partial charge < -0.3 is 14.1 Å². The quantitative estimate of drug-likeness (QED) is 0.752. The largest absolute Gasteiger partial charge is 0.466 e. The van der Waals surface area contributed by atoms with E-state index in [2.05, 4.69) is 4.98 Å². The number of hydrogen-bond acceptors (Lipinski definition) is 5. The van der Waals surface area contributed by atoms with Gasteiger partial charge in [-0.2, -0.15) is 0 Å². The SMILES string of the molecule is CCOC(=O)C1CCCN(C(=O)Cc2nc(-c3cccc(F)c3)oc2C)C1. The number of carbonyl (C=O) groups is 2. The van der Waals surface area contributed by atoms with Crippen molar-refractivity contribution < 1.29 is 23.1 Å². The Morgan fingerprint density at radius 1 is 1.41 bits per heavy atom. The van der Waals surface area contributed by atoms with Gasteiger partial charge in [-0.3, -0.25) is 9.59 Å². The van der Waals surface area contributed by atoms with Crippen molar-refractivity contribution in [3.63, 3.8) is 0 Å². The molecule has 0 N–H and O–H groups in total. The molecular formula is C20H23FN2O4. The van der Waals surface area contributed by atoms with Crippen molar-refractivity contribution in [1.29, 1.82) is 0 Å². The first-order valence-electron chi connectivity index (χ1n) is 9.14. The van der Waals surface area contributed by atoms with Crippen LogP contribution in [0.15, 0.2) is 28.7 Å². The Bertz CT molecular complexity index is 833. The number of halogens is 1. The number of hydrogen-bond donors (Lipinski definition) is 0. The molecule has 2 heterocycles. The van der Waals surface area contributed by atoms with E-state index in [-0.39, 0.29) is 35.9 Å². The van der Waals surface area contributed by atoms with Gasteiger partial charge in [0.05, 0.1) is 24.6 Å². The van der Waals surface area contributed by atoms with Crippen LogP contribution in [0, 0.1) is 18.7 Å². The van der Waals surface area contributed by atoms with Gasteiger partial charge in [0.25, 0.3) is 0 Å². The van der Waals surface area contributed by atoms with Crippen LogP contribution in [0.2, 0.25) is 0 Å². The highest BCUT2D eigenvalue weighted by Gasteiger charge is 2.30. The van der Waals surface area contributed by atoms with Crippen molar-refractivity contribution in [2.45, 2.75) is 33.1 Å². The van der Waals surface area contributed by atoms with Crippen molar-refractivity contribution in [2.75, 3.05) is 19.7 Å². The normalized spacial score (nSPS) is 17.0. The highest BCUT2D eigenvalue weighted by molar-refractivity contribution is 5.80. The summed E-state index contributed by atoms with van der Waals surface area (Å²) in [5.41, 5.74) is 1.05. The molecule has 0 aliphatic carbocycles. The van der Waals surface area contributed by atoms with E-state index in [1.165, 1.54) is 12.1 Å². The molecule has 1 fully saturated rings. The van der Waals surface area contributed by atoms with Gasteiger partial charge >= 0.3 is 5.97 Å². The molecule has 1 atom stereocenters. The van der Waals surface area contributed by atoms with E-state index in [1.54, 1.807) is 30.9 Å². The Balaban J connectivity index is 1.68. The van der Waals surface area contributed by atoms with Gasteiger partial charge in [-0.1, -0.05) is 6.07 Å². The van der Waals surface area contributed by atoms with Crippen LogP contribution < -0.4 is 0 Å². The predicted octanol–water partition coefficient (Wildman–Crippen LogP) is 3.13. The highest BCUT2D eigenvalue weighted by Crippen LogP contribution is 2.24. The van der Waals surface area contributed by atoms with E-state index in [0.717, 1.165) is 12.8 Å². The van der Waals surface area contributed by atoms with Gasteiger partial charge in [0.2, 0.25) is 11.8 Å². The smallest absolute Gasteiger partial charge is 0.310 e. The van der Waals surface area contributed by atoms with Crippen LogP contribution >= 0.6 is 0 Å². The zero-order valence-corrected chi connectivity index (χ0v) is 15.5. The first kappa shape index (κ1) is 19.1. The monoisotopic (exact) mass is 374 g/mol. The lowest BCUT2D eigenvalue weighted by Crippen LogP contribution is -2.43. The van der Waals surface area contributed by atoms with Gasteiger partial charge in [-0.15, -0.1) is 0 Å². The zero-order chi connectivity index (χ0) is 19.4. The lowest BCUT2D eigenvalue weighted by molar-refractivity contribution is -0.151. The zero-order valence-electron chi connectivity index (χ0n) is 15.5. The second kappa shape index (κ2) is 8.33.